The van der Waals surface area contributed by atoms with Gasteiger partial charge in [0.25, 0.3) is 5.91 Å². The highest BCUT2D eigenvalue weighted by atomic mass is 32.1. The summed E-state index contributed by atoms with van der Waals surface area (Å²) >= 11 is 0.984. The molecule has 35 heavy (non-hydrogen) atoms. The normalized spacial score (nSPS) is 13.5. The average Bonchev–Trinajstić information content (AvgIpc) is 3.55. The Kier molecular flexibility index (Phi) is 6.37. The lowest BCUT2D eigenvalue weighted by Crippen LogP contribution is -2.37. The number of halogens is 1. The van der Waals surface area contributed by atoms with Gasteiger partial charge in [-0.1, -0.05) is 17.4 Å². The molecule has 1 aromatic heterocycles. The quantitative estimate of drug-likeness (QED) is 0.465. The number of benzene rings is 2. The lowest BCUT2D eigenvalue weighted by atomic mass is 10.1. The molecule has 0 atom stereocenters. The largest absolute Gasteiger partial charge is 0.478 e. The number of aromatic nitrogens is 1. The van der Waals surface area contributed by atoms with Crippen LogP contribution in [0.1, 0.15) is 59.9 Å². The van der Waals surface area contributed by atoms with Crippen LogP contribution in [0, 0.1) is 11.2 Å². The van der Waals surface area contributed by atoms with Crippen molar-refractivity contribution in [3.8, 4) is 0 Å². The molecule has 0 unspecified atom stereocenters. The number of aromatic carboxylic acids is 1. The highest BCUT2D eigenvalue weighted by Crippen LogP contribution is 2.30. The predicted octanol–water partition coefficient (Wildman–Crippen LogP) is 4.30. The number of ether oxygens (including phenoxy) is 1. The first-order valence-corrected chi connectivity index (χ1v) is 11.8. The fraction of sp³-hybridized carbons (Fsp3) is 0.333. The number of rotatable bonds is 6. The van der Waals surface area contributed by atoms with E-state index in [0.717, 1.165) is 24.2 Å². The van der Waals surface area contributed by atoms with E-state index >= 15 is 0 Å². The molecule has 0 spiro atoms. The van der Waals surface area contributed by atoms with Gasteiger partial charge in [-0.2, -0.15) is 0 Å². The van der Waals surface area contributed by atoms with Gasteiger partial charge in [-0.15, -0.1) is 0 Å². The van der Waals surface area contributed by atoms with Gasteiger partial charge < -0.3 is 14.7 Å². The van der Waals surface area contributed by atoms with Crippen molar-refractivity contribution in [2.45, 2.75) is 51.8 Å². The Morgan fingerprint density at radius 3 is 2.54 bits per heavy atom. The topological polar surface area (TPSA) is 125 Å². The summed E-state index contributed by atoms with van der Waals surface area (Å²) in [4.78, 5) is 38.1. The van der Waals surface area contributed by atoms with Crippen molar-refractivity contribution in [2.75, 3.05) is 5.43 Å². The molecule has 3 N–H and O–H groups in total. The van der Waals surface area contributed by atoms with Crippen LogP contribution < -0.4 is 10.2 Å². The Balaban J connectivity index is 1.52. The molecule has 1 saturated carbocycles. The maximum atomic E-state index is 14.9. The van der Waals surface area contributed by atoms with Crippen molar-refractivity contribution < 1.29 is 28.6 Å². The number of fused-ring (bicyclic) bond motifs is 1. The smallest absolute Gasteiger partial charge is 0.410 e. The predicted molar refractivity (Wildman–Crippen MR) is 128 cm³/mol. The fourth-order valence-corrected chi connectivity index (χ4v) is 4.43. The van der Waals surface area contributed by atoms with E-state index in [1.54, 1.807) is 31.7 Å². The molecular formula is C24H25FN4O5S. The molecule has 11 heteroatoms. The number of thiazole rings is 1. The molecule has 184 valence electrons. The third-order valence-corrected chi connectivity index (χ3v) is 6.24. The SMILES string of the molecule is CC(C)(C)OC(=O)N(Cc1ccc(C(=O)Nn2c(=N)sc3cc(C(=O)O)ccc32)c(F)c1)C1CC1. The van der Waals surface area contributed by atoms with Crippen LogP contribution in [-0.2, 0) is 11.3 Å². The second kappa shape index (κ2) is 9.14. The van der Waals surface area contributed by atoms with Crippen LogP contribution in [-0.4, -0.2) is 44.3 Å². The monoisotopic (exact) mass is 500 g/mol. The number of amides is 2. The first kappa shape index (κ1) is 24.4. The second-order valence-corrected chi connectivity index (χ2v) is 10.4. The van der Waals surface area contributed by atoms with Gasteiger partial charge in [0, 0.05) is 12.6 Å². The molecule has 2 amide bonds. The van der Waals surface area contributed by atoms with Crippen molar-refractivity contribution in [1.82, 2.24) is 9.58 Å². The van der Waals surface area contributed by atoms with Crippen LogP contribution in [0.4, 0.5) is 9.18 Å². The number of nitrogens with one attached hydrogen (secondary N) is 2. The minimum atomic E-state index is -1.10. The van der Waals surface area contributed by atoms with Gasteiger partial charge in [0.1, 0.15) is 11.4 Å². The molecule has 1 fully saturated rings. The van der Waals surface area contributed by atoms with Crippen LogP contribution >= 0.6 is 11.3 Å². The Morgan fingerprint density at radius 1 is 1.23 bits per heavy atom. The summed E-state index contributed by atoms with van der Waals surface area (Å²) in [6, 6.07) is 8.44. The van der Waals surface area contributed by atoms with Crippen molar-refractivity contribution >= 4 is 39.5 Å². The summed E-state index contributed by atoms with van der Waals surface area (Å²) in [7, 11) is 0. The molecule has 4 rings (SSSR count). The molecule has 0 aliphatic heterocycles. The van der Waals surface area contributed by atoms with Gasteiger partial charge in [-0.3, -0.25) is 15.6 Å². The van der Waals surface area contributed by atoms with E-state index in [1.807, 2.05) is 0 Å². The molecule has 1 aliphatic rings. The van der Waals surface area contributed by atoms with Crippen LogP contribution in [0.15, 0.2) is 36.4 Å². The molecule has 1 aliphatic carbocycles. The zero-order chi connectivity index (χ0) is 25.5. The van der Waals surface area contributed by atoms with E-state index in [1.165, 1.54) is 35.0 Å². The van der Waals surface area contributed by atoms with E-state index in [2.05, 4.69) is 5.43 Å². The van der Waals surface area contributed by atoms with Gasteiger partial charge >= 0.3 is 12.1 Å². The van der Waals surface area contributed by atoms with Crippen LogP contribution in [0.5, 0.6) is 0 Å². The lowest BCUT2D eigenvalue weighted by Gasteiger charge is -2.27. The first-order chi connectivity index (χ1) is 16.4. The molecule has 0 radical (unpaired) electrons. The number of carboxylic acids is 1. The van der Waals surface area contributed by atoms with Crippen molar-refractivity contribution in [3.05, 3.63) is 63.7 Å². The maximum absolute atomic E-state index is 14.9. The number of carbonyl (C=O) groups excluding carboxylic acids is 2. The summed E-state index contributed by atoms with van der Waals surface area (Å²) in [5, 5.41) is 17.3. The van der Waals surface area contributed by atoms with E-state index in [9.17, 15) is 18.8 Å². The highest BCUT2D eigenvalue weighted by molar-refractivity contribution is 7.16. The molecule has 0 bridgehead atoms. The van der Waals surface area contributed by atoms with Crippen LogP contribution in [0.3, 0.4) is 0 Å². The van der Waals surface area contributed by atoms with E-state index in [-0.39, 0.29) is 28.5 Å². The van der Waals surface area contributed by atoms with Gasteiger partial charge in [-0.25, -0.2) is 18.7 Å². The lowest BCUT2D eigenvalue weighted by molar-refractivity contribution is 0.0216. The molecule has 9 nitrogen and oxygen atoms in total. The maximum Gasteiger partial charge on any atom is 0.410 e. The van der Waals surface area contributed by atoms with Crippen molar-refractivity contribution in [2.24, 2.45) is 0 Å². The fourth-order valence-electron chi connectivity index (χ4n) is 3.53. The molecule has 3 aromatic rings. The molecular weight excluding hydrogens is 475 g/mol. The number of carbonyl (C=O) groups is 3. The van der Waals surface area contributed by atoms with Crippen molar-refractivity contribution in [3.63, 3.8) is 0 Å². The van der Waals surface area contributed by atoms with Crippen LogP contribution in [0.2, 0.25) is 0 Å². The van der Waals surface area contributed by atoms with E-state index in [4.69, 9.17) is 15.3 Å². The highest BCUT2D eigenvalue weighted by Gasteiger charge is 2.35. The summed E-state index contributed by atoms with van der Waals surface area (Å²) in [6.45, 7) is 5.51. The summed E-state index contributed by atoms with van der Waals surface area (Å²) in [5.74, 6) is -2.63. The summed E-state index contributed by atoms with van der Waals surface area (Å²) < 4.78 is 22.1. The second-order valence-electron chi connectivity index (χ2n) is 9.32. The minimum Gasteiger partial charge on any atom is -0.478 e. The Morgan fingerprint density at radius 2 is 1.94 bits per heavy atom. The minimum absolute atomic E-state index is 0.0506. The number of carboxylic acid groups (broad SMARTS) is 1. The van der Waals surface area contributed by atoms with Gasteiger partial charge in [0.2, 0.25) is 4.80 Å². The Hall–Kier alpha value is -3.73. The zero-order valence-corrected chi connectivity index (χ0v) is 20.2. The number of nitrogens with zero attached hydrogens (tertiary/aromatic N) is 2. The van der Waals surface area contributed by atoms with Gasteiger partial charge in [-0.05, 0) is 69.5 Å². The van der Waals surface area contributed by atoms with Gasteiger partial charge in [0.05, 0.1) is 21.3 Å². The Bertz CT molecular complexity index is 1390. The number of hydrogen-bond acceptors (Lipinski definition) is 6. The average molecular weight is 501 g/mol. The third-order valence-electron chi connectivity index (χ3n) is 5.32. The number of hydrogen-bond donors (Lipinski definition) is 3. The molecule has 2 aromatic carbocycles. The zero-order valence-electron chi connectivity index (χ0n) is 19.4. The molecule has 1 heterocycles. The summed E-state index contributed by atoms with van der Waals surface area (Å²) in [5.41, 5.74) is 2.64. The first-order valence-electron chi connectivity index (χ1n) is 11.0. The van der Waals surface area contributed by atoms with Gasteiger partial charge in [0.15, 0.2) is 0 Å². The molecule has 0 saturated heterocycles. The van der Waals surface area contributed by atoms with E-state index in [0.29, 0.717) is 15.8 Å². The van der Waals surface area contributed by atoms with E-state index < -0.39 is 29.4 Å². The third kappa shape index (κ3) is 5.51. The van der Waals surface area contributed by atoms with Crippen molar-refractivity contribution in [1.29, 1.82) is 5.41 Å². The Labute approximate surface area is 204 Å². The van der Waals surface area contributed by atoms with Crippen LogP contribution in [0.25, 0.3) is 10.2 Å². The standard InChI is InChI=1S/C24H25FN4O5S/c1-24(2,3)34-23(33)28(15-6-7-15)12-13-4-8-16(17(25)10-13)20(30)27-29-18-9-5-14(21(31)32)11-19(18)35-22(29)26/h4-5,8-11,15,26H,6-7,12H2,1-3H3,(H,27,30)(H,31,32). The summed E-state index contributed by atoms with van der Waals surface area (Å²) in [6.07, 6.45) is 1.26.